The Bertz CT molecular complexity index is 597. The van der Waals surface area contributed by atoms with E-state index in [1.54, 1.807) is 25.1 Å². The zero-order valence-corrected chi connectivity index (χ0v) is 12.0. The summed E-state index contributed by atoms with van der Waals surface area (Å²) in [5, 5.41) is 14.3. The van der Waals surface area contributed by atoms with Crippen molar-refractivity contribution in [2.45, 2.75) is 26.7 Å². The van der Waals surface area contributed by atoms with E-state index < -0.39 is 17.8 Å². The lowest BCUT2D eigenvalue weighted by molar-refractivity contribution is -0.139. The molecule has 6 nitrogen and oxygen atoms in total. The van der Waals surface area contributed by atoms with Crippen LogP contribution in [0.2, 0.25) is 0 Å². The fraction of sp³-hybridized carbons (Fsp3) is 0.400. The van der Waals surface area contributed by atoms with Gasteiger partial charge in [-0.3, -0.25) is 14.4 Å². The number of carboxylic acids is 1. The maximum absolute atomic E-state index is 12.0. The Labute approximate surface area is 122 Å². The lowest BCUT2D eigenvalue weighted by Gasteiger charge is -2.11. The minimum atomic E-state index is -0.934. The van der Waals surface area contributed by atoms with Gasteiger partial charge < -0.3 is 15.7 Å². The molecule has 0 saturated heterocycles. The Morgan fingerprint density at radius 2 is 1.95 bits per heavy atom. The highest BCUT2D eigenvalue weighted by atomic mass is 16.4. The average molecular weight is 290 g/mol. The molecule has 0 spiro atoms. The van der Waals surface area contributed by atoms with Gasteiger partial charge in [-0.05, 0) is 31.0 Å². The van der Waals surface area contributed by atoms with Crippen molar-refractivity contribution in [2.24, 2.45) is 11.8 Å². The van der Waals surface area contributed by atoms with Gasteiger partial charge in [0, 0.05) is 17.8 Å². The molecule has 0 heterocycles. The van der Waals surface area contributed by atoms with Crippen molar-refractivity contribution < 1.29 is 19.5 Å². The molecule has 2 amide bonds. The van der Waals surface area contributed by atoms with Crippen LogP contribution in [0.15, 0.2) is 18.2 Å². The van der Waals surface area contributed by atoms with E-state index in [0.717, 1.165) is 5.56 Å². The lowest BCUT2D eigenvalue weighted by Crippen LogP contribution is -2.18. The summed E-state index contributed by atoms with van der Waals surface area (Å²) in [6.07, 6.45) is 0.754. The topological polar surface area (TPSA) is 95.5 Å². The molecule has 1 aliphatic carbocycles. The van der Waals surface area contributed by atoms with Crippen LogP contribution in [0.3, 0.4) is 0 Å². The average Bonchev–Trinajstić information content (AvgIpc) is 3.23. The molecular weight excluding hydrogens is 272 g/mol. The van der Waals surface area contributed by atoms with Crippen molar-refractivity contribution in [2.75, 3.05) is 10.6 Å². The molecule has 1 aromatic rings. The number of hydrogen-bond acceptors (Lipinski definition) is 3. The number of hydrogen-bond donors (Lipinski definition) is 3. The summed E-state index contributed by atoms with van der Waals surface area (Å²) < 4.78 is 0. The van der Waals surface area contributed by atoms with Crippen LogP contribution in [0.5, 0.6) is 0 Å². The minimum absolute atomic E-state index is 0.107. The summed E-state index contributed by atoms with van der Waals surface area (Å²) in [5.74, 6) is -2.37. The van der Waals surface area contributed by atoms with Crippen LogP contribution >= 0.6 is 0 Å². The molecule has 1 aromatic carbocycles. The summed E-state index contributed by atoms with van der Waals surface area (Å²) in [6.45, 7) is 3.59. The third kappa shape index (κ3) is 3.59. The molecule has 21 heavy (non-hydrogen) atoms. The number of amides is 2. The van der Waals surface area contributed by atoms with Crippen molar-refractivity contribution in [1.82, 2.24) is 0 Å². The van der Waals surface area contributed by atoms with Crippen molar-refractivity contribution in [3.05, 3.63) is 23.8 Å². The molecule has 1 fully saturated rings. The first-order valence-corrected chi connectivity index (χ1v) is 6.86. The monoisotopic (exact) mass is 290 g/mol. The second-order valence-electron chi connectivity index (χ2n) is 5.21. The Kier molecular flexibility index (Phi) is 4.26. The van der Waals surface area contributed by atoms with Gasteiger partial charge in [-0.1, -0.05) is 13.0 Å². The van der Waals surface area contributed by atoms with E-state index in [1.165, 1.54) is 0 Å². The van der Waals surface area contributed by atoms with Crippen molar-refractivity contribution >= 4 is 29.2 Å². The molecule has 0 aliphatic heterocycles. The first-order valence-electron chi connectivity index (χ1n) is 6.86. The maximum Gasteiger partial charge on any atom is 0.307 e. The number of carbonyl (C=O) groups excluding carboxylic acids is 2. The lowest BCUT2D eigenvalue weighted by atomic mass is 10.1. The number of carbonyl (C=O) groups is 3. The number of aryl methyl sites for hydroxylation is 1. The fourth-order valence-electron chi connectivity index (χ4n) is 2.07. The molecule has 2 atom stereocenters. The van der Waals surface area contributed by atoms with Crippen LogP contribution in [0.25, 0.3) is 0 Å². The number of benzene rings is 1. The minimum Gasteiger partial charge on any atom is -0.481 e. The van der Waals surface area contributed by atoms with Crippen molar-refractivity contribution in [3.8, 4) is 0 Å². The fourth-order valence-corrected chi connectivity index (χ4v) is 2.07. The summed E-state index contributed by atoms with van der Waals surface area (Å²) in [6, 6.07) is 5.23. The van der Waals surface area contributed by atoms with Gasteiger partial charge in [-0.25, -0.2) is 0 Å². The number of aliphatic carboxylic acids is 1. The van der Waals surface area contributed by atoms with E-state index in [0.29, 0.717) is 24.2 Å². The van der Waals surface area contributed by atoms with E-state index in [2.05, 4.69) is 10.6 Å². The maximum atomic E-state index is 12.0. The SMILES string of the molecule is CCC(=O)Nc1ccc(C)c(NC(=O)C2CC2C(=O)O)c1. The van der Waals surface area contributed by atoms with E-state index >= 15 is 0 Å². The first-order chi connectivity index (χ1) is 9.92. The normalized spacial score (nSPS) is 19.7. The van der Waals surface area contributed by atoms with Crippen molar-refractivity contribution in [1.29, 1.82) is 0 Å². The number of anilines is 2. The zero-order chi connectivity index (χ0) is 15.6. The second-order valence-corrected chi connectivity index (χ2v) is 5.21. The third-order valence-electron chi connectivity index (χ3n) is 3.54. The second kappa shape index (κ2) is 5.95. The van der Waals surface area contributed by atoms with Gasteiger partial charge in [0.15, 0.2) is 0 Å². The molecule has 2 unspecified atom stereocenters. The molecule has 6 heteroatoms. The van der Waals surface area contributed by atoms with Crippen LogP contribution in [0.1, 0.15) is 25.3 Å². The van der Waals surface area contributed by atoms with Crippen LogP contribution in [0.4, 0.5) is 11.4 Å². The van der Waals surface area contributed by atoms with Gasteiger partial charge in [0.1, 0.15) is 0 Å². The molecule has 2 rings (SSSR count). The largest absolute Gasteiger partial charge is 0.481 e. The predicted molar refractivity (Wildman–Crippen MR) is 78.0 cm³/mol. The number of rotatable bonds is 5. The summed E-state index contributed by atoms with van der Waals surface area (Å²) in [7, 11) is 0. The summed E-state index contributed by atoms with van der Waals surface area (Å²) in [4.78, 5) is 34.1. The van der Waals surface area contributed by atoms with Gasteiger partial charge in [-0.2, -0.15) is 0 Å². The predicted octanol–water partition coefficient (Wildman–Crippen LogP) is 2.00. The van der Waals surface area contributed by atoms with Gasteiger partial charge in [0.25, 0.3) is 0 Å². The van der Waals surface area contributed by atoms with Gasteiger partial charge in [0.05, 0.1) is 11.8 Å². The molecule has 1 aliphatic rings. The van der Waals surface area contributed by atoms with Crippen LogP contribution in [0, 0.1) is 18.8 Å². The van der Waals surface area contributed by atoms with E-state index in [-0.39, 0.29) is 11.8 Å². The number of nitrogens with one attached hydrogen (secondary N) is 2. The van der Waals surface area contributed by atoms with Crippen LogP contribution < -0.4 is 10.6 Å². The molecule has 112 valence electrons. The Hall–Kier alpha value is -2.37. The highest BCUT2D eigenvalue weighted by molar-refractivity contribution is 5.99. The highest BCUT2D eigenvalue weighted by Crippen LogP contribution is 2.39. The van der Waals surface area contributed by atoms with Crippen LogP contribution in [-0.2, 0) is 14.4 Å². The smallest absolute Gasteiger partial charge is 0.307 e. The molecule has 3 N–H and O–H groups in total. The Balaban J connectivity index is 2.05. The molecule has 0 radical (unpaired) electrons. The standard InChI is InChI=1S/C15H18N2O4/c1-3-13(18)16-9-5-4-8(2)12(6-9)17-14(19)10-7-11(10)15(20)21/h4-6,10-11H,3,7H2,1-2H3,(H,16,18)(H,17,19)(H,20,21). The molecule has 1 saturated carbocycles. The van der Waals surface area contributed by atoms with Crippen LogP contribution in [-0.4, -0.2) is 22.9 Å². The van der Waals surface area contributed by atoms with Gasteiger partial charge in [-0.15, -0.1) is 0 Å². The zero-order valence-electron chi connectivity index (χ0n) is 12.0. The molecular formula is C15H18N2O4. The number of carboxylic acid groups (broad SMARTS) is 1. The van der Waals surface area contributed by atoms with Gasteiger partial charge >= 0.3 is 5.97 Å². The molecule has 0 aromatic heterocycles. The Morgan fingerprint density at radius 3 is 2.52 bits per heavy atom. The third-order valence-corrected chi connectivity index (χ3v) is 3.54. The Morgan fingerprint density at radius 1 is 1.24 bits per heavy atom. The quantitative estimate of drug-likeness (QED) is 0.773. The van der Waals surface area contributed by atoms with E-state index in [9.17, 15) is 14.4 Å². The van der Waals surface area contributed by atoms with Gasteiger partial charge in [0.2, 0.25) is 11.8 Å². The van der Waals surface area contributed by atoms with Crippen molar-refractivity contribution in [3.63, 3.8) is 0 Å². The first kappa shape index (κ1) is 15.0. The summed E-state index contributed by atoms with van der Waals surface area (Å²) in [5.41, 5.74) is 2.05. The summed E-state index contributed by atoms with van der Waals surface area (Å²) >= 11 is 0. The molecule has 0 bridgehead atoms. The van der Waals surface area contributed by atoms with E-state index in [1.807, 2.05) is 6.92 Å². The highest BCUT2D eigenvalue weighted by Gasteiger charge is 2.48. The van der Waals surface area contributed by atoms with E-state index in [4.69, 9.17) is 5.11 Å².